The van der Waals surface area contributed by atoms with Crippen molar-refractivity contribution in [2.75, 3.05) is 53.5 Å². The molecule has 27 heavy (non-hydrogen) atoms. The summed E-state index contributed by atoms with van der Waals surface area (Å²) in [4.78, 5) is 9.22. The molecule has 1 saturated carbocycles. The number of likely N-dealkylation sites (tertiary alicyclic amines) is 1. The van der Waals surface area contributed by atoms with Gasteiger partial charge in [0.1, 0.15) is 0 Å². The van der Waals surface area contributed by atoms with E-state index >= 15 is 0 Å². The third-order valence-electron chi connectivity index (χ3n) is 5.41. The second-order valence-corrected chi connectivity index (χ2v) is 7.54. The van der Waals surface area contributed by atoms with Gasteiger partial charge >= 0.3 is 0 Å². The molecule has 6 heteroatoms. The molecule has 1 saturated heterocycles. The summed E-state index contributed by atoms with van der Waals surface area (Å²) in [6, 6.07) is 11.2. The maximum absolute atomic E-state index is 5.77. The number of rotatable bonds is 9. The number of nitrogens with zero attached hydrogens (tertiary/aromatic N) is 3. The van der Waals surface area contributed by atoms with Gasteiger partial charge in [-0.05, 0) is 50.3 Å². The Labute approximate surface area is 181 Å². The van der Waals surface area contributed by atoms with Gasteiger partial charge in [0.25, 0.3) is 0 Å². The number of halogens is 1. The van der Waals surface area contributed by atoms with Gasteiger partial charge < -0.3 is 15.0 Å². The molecule has 2 aliphatic rings. The van der Waals surface area contributed by atoms with Crippen LogP contribution in [0.15, 0.2) is 35.3 Å². The quantitative estimate of drug-likeness (QED) is 0.252. The number of hydrogen-bond acceptors (Lipinski definition) is 3. The third-order valence-corrected chi connectivity index (χ3v) is 5.41. The minimum absolute atomic E-state index is 0. The lowest BCUT2D eigenvalue weighted by atomic mass is 10.1. The van der Waals surface area contributed by atoms with Gasteiger partial charge in [-0.25, -0.2) is 0 Å². The first-order chi connectivity index (χ1) is 12.8. The van der Waals surface area contributed by atoms with Crippen molar-refractivity contribution >= 4 is 29.9 Å². The van der Waals surface area contributed by atoms with E-state index in [0.717, 1.165) is 38.2 Å². The van der Waals surface area contributed by atoms with Gasteiger partial charge in [0.05, 0.1) is 12.6 Å². The number of hydrogen-bond donors (Lipinski definition) is 1. The Bertz CT molecular complexity index is 559. The Morgan fingerprint density at radius 3 is 2.59 bits per heavy atom. The van der Waals surface area contributed by atoms with E-state index in [1.807, 2.05) is 7.05 Å². The molecule has 0 spiro atoms. The first kappa shape index (κ1) is 22.4. The van der Waals surface area contributed by atoms with Crippen LogP contribution in [0.5, 0.6) is 0 Å². The molecule has 1 unspecified atom stereocenters. The zero-order chi connectivity index (χ0) is 18.2. The molecule has 152 valence electrons. The van der Waals surface area contributed by atoms with Gasteiger partial charge in [-0.1, -0.05) is 30.3 Å². The fraction of sp³-hybridized carbons (Fsp3) is 0.667. The van der Waals surface area contributed by atoms with Crippen molar-refractivity contribution in [1.29, 1.82) is 0 Å². The van der Waals surface area contributed by atoms with Crippen molar-refractivity contribution in [1.82, 2.24) is 15.1 Å². The maximum Gasteiger partial charge on any atom is 0.193 e. The molecule has 5 nitrogen and oxygen atoms in total. The topological polar surface area (TPSA) is 40.1 Å². The average molecular weight is 486 g/mol. The molecule has 2 fully saturated rings. The van der Waals surface area contributed by atoms with Gasteiger partial charge in [-0.3, -0.25) is 9.89 Å². The number of benzene rings is 1. The van der Waals surface area contributed by atoms with Crippen LogP contribution in [0.25, 0.3) is 0 Å². The molecule has 0 bridgehead atoms. The molecular formula is C21H35IN4O. The Morgan fingerprint density at radius 2 is 1.96 bits per heavy atom. The minimum atomic E-state index is 0. The van der Waals surface area contributed by atoms with Crippen LogP contribution in [-0.4, -0.2) is 69.2 Å². The van der Waals surface area contributed by atoms with Crippen molar-refractivity contribution in [2.24, 2.45) is 10.9 Å². The summed E-state index contributed by atoms with van der Waals surface area (Å²) >= 11 is 0. The first-order valence-electron chi connectivity index (χ1n) is 10.1. The average Bonchev–Trinajstić information content (AvgIpc) is 3.35. The summed E-state index contributed by atoms with van der Waals surface area (Å²) < 4.78 is 5.77. The highest BCUT2D eigenvalue weighted by molar-refractivity contribution is 14.0. The van der Waals surface area contributed by atoms with Crippen molar-refractivity contribution in [3.8, 4) is 0 Å². The number of ether oxygens (including phenoxy) is 1. The van der Waals surface area contributed by atoms with Gasteiger partial charge in [-0.2, -0.15) is 0 Å². The molecule has 1 aromatic carbocycles. The number of nitrogens with one attached hydrogen (secondary N) is 1. The lowest BCUT2D eigenvalue weighted by molar-refractivity contribution is 0.115. The van der Waals surface area contributed by atoms with E-state index in [1.54, 1.807) is 0 Å². The normalized spacial score (nSPS) is 18.8. The largest absolute Gasteiger partial charge is 0.379 e. The van der Waals surface area contributed by atoms with E-state index in [-0.39, 0.29) is 24.0 Å². The molecular weight excluding hydrogens is 451 g/mol. The van der Waals surface area contributed by atoms with E-state index < -0.39 is 0 Å². The van der Waals surface area contributed by atoms with Crippen molar-refractivity contribution in [3.63, 3.8) is 0 Å². The van der Waals surface area contributed by atoms with Crippen molar-refractivity contribution in [3.05, 3.63) is 35.9 Å². The van der Waals surface area contributed by atoms with E-state index in [2.05, 4.69) is 57.5 Å². The maximum atomic E-state index is 5.77. The second-order valence-electron chi connectivity index (χ2n) is 7.54. The summed E-state index contributed by atoms with van der Waals surface area (Å²) in [5, 5.41) is 3.59. The molecule has 3 rings (SSSR count). The Hall–Kier alpha value is -0.860. The molecule has 0 aromatic heterocycles. The number of guanidine groups is 1. The Balaban J connectivity index is 0.00000261. The zero-order valence-electron chi connectivity index (χ0n) is 16.8. The highest BCUT2D eigenvalue weighted by atomic mass is 127. The summed E-state index contributed by atoms with van der Waals surface area (Å²) in [6.45, 7) is 5.80. The number of aliphatic imine (C=N–C) groups is 1. The highest BCUT2D eigenvalue weighted by Crippen LogP contribution is 2.28. The van der Waals surface area contributed by atoms with Crippen LogP contribution < -0.4 is 5.32 Å². The molecule has 0 radical (unpaired) electrons. The smallest absolute Gasteiger partial charge is 0.193 e. The fourth-order valence-electron chi connectivity index (χ4n) is 3.60. The summed E-state index contributed by atoms with van der Waals surface area (Å²) in [7, 11) is 3.94. The minimum Gasteiger partial charge on any atom is -0.379 e. The highest BCUT2D eigenvalue weighted by Gasteiger charge is 2.24. The Morgan fingerprint density at radius 1 is 1.26 bits per heavy atom. The SMILES string of the molecule is CN=C(NCC(c1ccccc1)N1CCCC1)N(C)CCOCC1CC1.I. The van der Waals surface area contributed by atoms with E-state index in [4.69, 9.17) is 4.74 Å². The monoisotopic (exact) mass is 486 g/mol. The van der Waals surface area contributed by atoms with Gasteiger partial charge in [0.2, 0.25) is 0 Å². The van der Waals surface area contributed by atoms with Crippen LogP contribution in [0, 0.1) is 5.92 Å². The molecule has 1 aliphatic carbocycles. The molecule has 1 heterocycles. The molecule has 0 amide bonds. The molecule has 1 atom stereocenters. The number of likely N-dealkylation sites (N-methyl/N-ethyl adjacent to an activating group) is 1. The second kappa shape index (κ2) is 11.9. The first-order valence-corrected chi connectivity index (χ1v) is 10.1. The van der Waals surface area contributed by atoms with Crippen LogP contribution in [0.1, 0.15) is 37.3 Å². The van der Waals surface area contributed by atoms with Crippen LogP contribution in [-0.2, 0) is 4.74 Å². The lowest BCUT2D eigenvalue weighted by Gasteiger charge is -2.30. The predicted molar refractivity (Wildman–Crippen MR) is 123 cm³/mol. The summed E-state index contributed by atoms with van der Waals surface area (Å²) in [6.07, 6.45) is 5.29. The van der Waals surface area contributed by atoms with Crippen LogP contribution in [0.3, 0.4) is 0 Å². The molecule has 1 aromatic rings. The van der Waals surface area contributed by atoms with E-state index in [9.17, 15) is 0 Å². The fourth-order valence-corrected chi connectivity index (χ4v) is 3.60. The van der Waals surface area contributed by atoms with Gasteiger partial charge in [0, 0.05) is 33.8 Å². The summed E-state index contributed by atoms with van der Waals surface area (Å²) in [5.41, 5.74) is 1.38. The predicted octanol–water partition coefficient (Wildman–Crippen LogP) is 3.38. The zero-order valence-corrected chi connectivity index (χ0v) is 19.1. The standard InChI is InChI=1S/C21H34N4O.HI/c1-22-21(24(2)14-15-26-17-18-10-11-18)23-16-20(25-12-6-7-13-25)19-8-4-3-5-9-19;/h3-5,8-9,18,20H,6-7,10-17H2,1-2H3,(H,22,23);1H. The van der Waals surface area contributed by atoms with E-state index in [0.29, 0.717) is 6.04 Å². The van der Waals surface area contributed by atoms with Crippen LogP contribution in [0.4, 0.5) is 0 Å². The lowest BCUT2D eigenvalue weighted by Crippen LogP contribution is -2.44. The summed E-state index contributed by atoms with van der Waals surface area (Å²) in [5.74, 6) is 1.77. The van der Waals surface area contributed by atoms with Crippen LogP contribution >= 0.6 is 24.0 Å². The van der Waals surface area contributed by atoms with Crippen molar-refractivity contribution < 1.29 is 4.74 Å². The third kappa shape index (κ3) is 7.23. The molecule has 1 aliphatic heterocycles. The van der Waals surface area contributed by atoms with Crippen LogP contribution in [0.2, 0.25) is 0 Å². The van der Waals surface area contributed by atoms with Crippen molar-refractivity contribution in [2.45, 2.75) is 31.7 Å². The van der Waals surface area contributed by atoms with Gasteiger partial charge in [0.15, 0.2) is 5.96 Å². The van der Waals surface area contributed by atoms with Gasteiger partial charge in [-0.15, -0.1) is 24.0 Å². The van der Waals surface area contributed by atoms with E-state index in [1.165, 1.54) is 44.3 Å². The Kier molecular flexibility index (Phi) is 9.86. The molecule has 1 N–H and O–H groups in total.